The predicted octanol–water partition coefficient (Wildman–Crippen LogP) is 2.80. The van der Waals surface area contributed by atoms with E-state index in [1.165, 1.54) is 0 Å². The van der Waals surface area contributed by atoms with E-state index < -0.39 is 23.2 Å². The highest BCUT2D eigenvalue weighted by Crippen LogP contribution is 2.24. The molecule has 0 saturated carbocycles. The molecule has 1 unspecified atom stereocenters. The van der Waals surface area contributed by atoms with Crippen molar-refractivity contribution in [2.24, 2.45) is 0 Å². The van der Waals surface area contributed by atoms with Crippen LogP contribution in [0.25, 0.3) is 0 Å². The van der Waals surface area contributed by atoms with Gasteiger partial charge in [0.15, 0.2) is 0 Å². The molecular formula is C22H27N3O6. The molecular weight excluding hydrogens is 402 g/mol. The molecule has 9 nitrogen and oxygen atoms in total. The Labute approximate surface area is 181 Å². The van der Waals surface area contributed by atoms with Crippen LogP contribution in [0.5, 0.6) is 0 Å². The van der Waals surface area contributed by atoms with Crippen molar-refractivity contribution < 1.29 is 28.7 Å². The van der Waals surface area contributed by atoms with Gasteiger partial charge in [-0.05, 0) is 59.1 Å². The average Bonchev–Trinajstić information content (AvgIpc) is 2.94. The third kappa shape index (κ3) is 5.60. The second kappa shape index (κ2) is 9.60. The molecule has 0 fully saturated rings. The van der Waals surface area contributed by atoms with Gasteiger partial charge in [-0.15, -0.1) is 0 Å². The van der Waals surface area contributed by atoms with Crippen LogP contribution in [0.2, 0.25) is 0 Å². The average molecular weight is 429 g/mol. The van der Waals surface area contributed by atoms with Crippen LogP contribution in [0, 0.1) is 11.3 Å². The number of fused-ring (bicyclic) bond motifs is 1. The highest BCUT2D eigenvalue weighted by molar-refractivity contribution is 6.21. The lowest BCUT2D eigenvalue weighted by Crippen LogP contribution is -2.55. The number of rotatable bonds is 8. The van der Waals surface area contributed by atoms with Gasteiger partial charge < -0.3 is 9.47 Å². The number of carbonyl (C=O) groups is 4. The number of hydrogen-bond acceptors (Lipinski definition) is 7. The summed E-state index contributed by atoms with van der Waals surface area (Å²) in [6, 6.07) is 8.42. The van der Waals surface area contributed by atoms with Crippen molar-refractivity contribution >= 4 is 23.9 Å². The largest absolute Gasteiger partial charge is 0.463 e. The monoisotopic (exact) mass is 429 g/mol. The van der Waals surface area contributed by atoms with E-state index in [2.05, 4.69) is 5.32 Å². The van der Waals surface area contributed by atoms with Crippen LogP contribution in [0.1, 0.15) is 67.7 Å². The van der Waals surface area contributed by atoms with Crippen LogP contribution < -0.4 is 5.32 Å². The van der Waals surface area contributed by atoms with Crippen molar-refractivity contribution in [2.75, 3.05) is 13.2 Å². The quantitative estimate of drug-likeness (QED) is 0.382. The summed E-state index contributed by atoms with van der Waals surface area (Å²) >= 11 is 0. The number of nitrogens with one attached hydrogen (secondary N) is 1. The highest BCUT2D eigenvalue weighted by Gasteiger charge is 2.43. The van der Waals surface area contributed by atoms with Crippen LogP contribution in [-0.4, -0.2) is 53.1 Å². The fourth-order valence-corrected chi connectivity index (χ4v) is 3.18. The topological polar surface area (TPSA) is 126 Å². The van der Waals surface area contributed by atoms with Crippen LogP contribution in [0.4, 0.5) is 4.79 Å². The number of nitrogens with zero attached hydrogens (tertiary/aromatic N) is 2. The molecule has 1 aliphatic rings. The Morgan fingerprint density at radius 3 is 2.16 bits per heavy atom. The van der Waals surface area contributed by atoms with E-state index in [1.807, 2.05) is 6.07 Å². The summed E-state index contributed by atoms with van der Waals surface area (Å²) in [5.74, 6) is -1.63. The van der Waals surface area contributed by atoms with E-state index in [0.29, 0.717) is 17.5 Å². The van der Waals surface area contributed by atoms with E-state index in [-0.39, 0.29) is 37.8 Å². The molecule has 0 bridgehead atoms. The van der Waals surface area contributed by atoms with Crippen LogP contribution in [0.3, 0.4) is 0 Å². The number of unbranched alkanes of at least 4 members (excludes halogenated alkanes) is 1. The Balaban J connectivity index is 2.03. The van der Waals surface area contributed by atoms with Gasteiger partial charge in [0.25, 0.3) is 11.8 Å². The van der Waals surface area contributed by atoms with E-state index >= 15 is 0 Å². The van der Waals surface area contributed by atoms with Crippen LogP contribution in [0.15, 0.2) is 24.3 Å². The Kier molecular flexibility index (Phi) is 7.39. The van der Waals surface area contributed by atoms with Crippen molar-refractivity contribution in [3.05, 3.63) is 35.4 Å². The Hall–Kier alpha value is -3.41. The van der Waals surface area contributed by atoms with Gasteiger partial charge in [0.2, 0.25) is 5.54 Å². The maximum absolute atomic E-state index is 12.5. The van der Waals surface area contributed by atoms with Crippen molar-refractivity contribution in [2.45, 2.75) is 58.1 Å². The van der Waals surface area contributed by atoms with Gasteiger partial charge in [-0.2, -0.15) is 5.26 Å². The number of nitriles is 1. The van der Waals surface area contributed by atoms with Crippen molar-refractivity contribution in [3.63, 3.8) is 0 Å². The normalized spacial score (nSPS) is 15.0. The van der Waals surface area contributed by atoms with Crippen molar-refractivity contribution in [1.82, 2.24) is 10.2 Å². The summed E-state index contributed by atoms with van der Waals surface area (Å²) in [6.07, 6.45) is -0.368. The minimum atomic E-state index is -1.93. The smallest absolute Gasteiger partial charge is 0.409 e. The third-order valence-corrected chi connectivity index (χ3v) is 4.59. The zero-order valence-corrected chi connectivity index (χ0v) is 18.2. The maximum Gasteiger partial charge on any atom is 0.409 e. The molecule has 0 aromatic heterocycles. The van der Waals surface area contributed by atoms with Gasteiger partial charge in [-0.25, -0.2) is 9.59 Å². The second-order valence-corrected chi connectivity index (χ2v) is 8.13. The van der Waals surface area contributed by atoms with E-state index in [0.717, 1.165) is 4.90 Å². The number of carbonyl (C=O) groups excluding carboxylic acids is 4. The molecule has 0 aliphatic carbocycles. The Bertz CT molecular complexity index is 880. The molecule has 31 heavy (non-hydrogen) atoms. The van der Waals surface area contributed by atoms with E-state index in [9.17, 15) is 24.4 Å². The number of hydrogen-bond donors (Lipinski definition) is 1. The Morgan fingerprint density at radius 2 is 1.68 bits per heavy atom. The van der Waals surface area contributed by atoms with Gasteiger partial charge in [0, 0.05) is 6.54 Å². The number of esters is 1. The molecule has 9 heteroatoms. The van der Waals surface area contributed by atoms with Gasteiger partial charge in [-0.3, -0.25) is 19.8 Å². The summed E-state index contributed by atoms with van der Waals surface area (Å²) in [5.41, 5.74) is -2.03. The summed E-state index contributed by atoms with van der Waals surface area (Å²) in [5, 5.41) is 12.0. The zero-order chi connectivity index (χ0) is 23.2. The molecule has 1 heterocycles. The summed E-state index contributed by atoms with van der Waals surface area (Å²) < 4.78 is 10.2. The first-order chi connectivity index (χ1) is 14.5. The molecule has 166 valence electrons. The molecule has 1 N–H and O–H groups in total. The first-order valence-electron chi connectivity index (χ1n) is 10.1. The van der Waals surface area contributed by atoms with Crippen LogP contribution >= 0.6 is 0 Å². The number of amides is 3. The molecule has 3 amide bonds. The minimum Gasteiger partial charge on any atom is -0.463 e. The first kappa shape index (κ1) is 23.9. The molecule has 2 rings (SSSR count). The number of benzene rings is 1. The van der Waals surface area contributed by atoms with Crippen molar-refractivity contribution in [1.29, 1.82) is 5.26 Å². The number of alkyl carbamates (subject to hydrolysis) is 1. The highest BCUT2D eigenvalue weighted by atomic mass is 16.6. The lowest BCUT2D eigenvalue weighted by molar-refractivity contribution is -0.149. The molecule has 0 spiro atoms. The summed E-state index contributed by atoms with van der Waals surface area (Å²) in [7, 11) is 0. The van der Waals surface area contributed by atoms with E-state index in [1.54, 1.807) is 52.0 Å². The fourth-order valence-electron chi connectivity index (χ4n) is 3.18. The molecule has 0 radical (unpaired) electrons. The molecule has 1 atom stereocenters. The zero-order valence-electron chi connectivity index (χ0n) is 18.2. The van der Waals surface area contributed by atoms with Crippen molar-refractivity contribution in [3.8, 4) is 6.07 Å². The van der Waals surface area contributed by atoms with E-state index in [4.69, 9.17) is 9.47 Å². The molecule has 1 aliphatic heterocycles. The summed E-state index contributed by atoms with van der Waals surface area (Å²) in [6.45, 7) is 6.74. The first-order valence-corrected chi connectivity index (χ1v) is 10.1. The number of ether oxygens (including phenoxy) is 2. The van der Waals surface area contributed by atoms with Gasteiger partial charge in [-0.1, -0.05) is 12.1 Å². The van der Waals surface area contributed by atoms with Gasteiger partial charge in [0.05, 0.1) is 17.7 Å². The molecule has 1 aromatic rings. The lowest BCUT2D eigenvalue weighted by atomic mass is 9.94. The van der Waals surface area contributed by atoms with Gasteiger partial charge >= 0.3 is 12.1 Å². The van der Waals surface area contributed by atoms with Crippen LogP contribution in [-0.2, 0) is 14.3 Å². The minimum absolute atomic E-state index is 0.0350. The standard InChI is InChI=1S/C22H27N3O6/c1-5-30-19(28)22(14-23,24-20(29)31-21(2,3)4)12-8-9-13-25-17(26)15-10-6-7-11-16(15)18(25)27/h6-7,10-11H,5,8-9,12-13H2,1-4H3,(H,24,29). The second-order valence-electron chi connectivity index (χ2n) is 8.13. The fraction of sp³-hybridized carbons (Fsp3) is 0.500. The predicted molar refractivity (Wildman–Crippen MR) is 110 cm³/mol. The molecule has 0 saturated heterocycles. The molecule has 1 aromatic carbocycles. The number of imide groups is 1. The SMILES string of the molecule is CCOC(=O)C(C#N)(CCCCN1C(=O)c2ccccc2C1=O)NC(=O)OC(C)(C)C. The lowest BCUT2D eigenvalue weighted by Gasteiger charge is -2.28. The third-order valence-electron chi connectivity index (χ3n) is 4.59. The summed E-state index contributed by atoms with van der Waals surface area (Å²) in [4.78, 5) is 50.7. The van der Waals surface area contributed by atoms with Gasteiger partial charge in [0.1, 0.15) is 11.7 Å². The maximum atomic E-state index is 12.5. The Morgan fingerprint density at radius 1 is 1.10 bits per heavy atom.